The lowest BCUT2D eigenvalue weighted by atomic mass is 10.2. The molecule has 0 radical (unpaired) electrons. The second-order valence-corrected chi connectivity index (χ2v) is 3.09. The van der Waals surface area contributed by atoms with Gasteiger partial charge in [0, 0.05) is 16.8 Å². The molecule has 0 atom stereocenters. The molecule has 2 rings (SSSR count). The number of aromatic amines is 1. The molecule has 0 amide bonds. The summed E-state index contributed by atoms with van der Waals surface area (Å²) in [6.07, 6.45) is 0. The third-order valence-electron chi connectivity index (χ3n) is 2.03. The van der Waals surface area contributed by atoms with Crippen molar-refractivity contribution in [2.75, 3.05) is 0 Å². The molecule has 16 heavy (non-hydrogen) atoms. The zero-order valence-electron chi connectivity index (χ0n) is 11.5. The van der Waals surface area contributed by atoms with Crippen molar-refractivity contribution >= 4 is 10.9 Å². The minimum Gasteiger partial charge on any atom is -0.282 e. The van der Waals surface area contributed by atoms with Gasteiger partial charge in [-0.2, -0.15) is 5.10 Å². The van der Waals surface area contributed by atoms with Crippen molar-refractivity contribution in [1.29, 1.82) is 0 Å². The first-order valence-corrected chi connectivity index (χ1v) is 5.97. The smallest absolute Gasteiger partial charge is 0.114 e. The fourth-order valence-electron chi connectivity index (χ4n) is 1.45. The Kier molecular flexibility index (Phi) is 6.38. The highest BCUT2D eigenvalue weighted by Crippen LogP contribution is 2.17. The molecule has 0 aliphatic heterocycles. The van der Waals surface area contributed by atoms with E-state index in [1.807, 2.05) is 48.5 Å². The van der Waals surface area contributed by atoms with Crippen LogP contribution in [0.1, 0.15) is 44.8 Å². The number of hydrogen-bond acceptors (Lipinski definition) is 2. The summed E-state index contributed by atoms with van der Waals surface area (Å²) in [5.41, 5.74) is 4.13. The molecule has 0 aliphatic carbocycles. The van der Waals surface area contributed by atoms with E-state index in [1.54, 1.807) is 0 Å². The van der Waals surface area contributed by atoms with Crippen LogP contribution in [0.5, 0.6) is 0 Å². The lowest BCUT2D eigenvalue weighted by Crippen LogP contribution is -1.86. The van der Waals surface area contributed by atoms with Gasteiger partial charge >= 0.3 is 0 Å². The Morgan fingerprint density at radius 3 is 2.12 bits per heavy atom. The van der Waals surface area contributed by atoms with Crippen LogP contribution in [0, 0.1) is 20.8 Å². The topological polar surface area (TPSA) is 41.6 Å². The van der Waals surface area contributed by atoms with Gasteiger partial charge in [-0.05, 0) is 26.8 Å². The summed E-state index contributed by atoms with van der Waals surface area (Å²) in [4.78, 5) is 4.33. The molecule has 2 aromatic rings. The maximum absolute atomic E-state index is 4.33. The number of hydrogen-bond donors (Lipinski definition) is 1. The van der Waals surface area contributed by atoms with Gasteiger partial charge in [-0.25, -0.2) is 0 Å². The largest absolute Gasteiger partial charge is 0.282 e. The van der Waals surface area contributed by atoms with Gasteiger partial charge in [-0.3, -0.25) is 10.1 Å². The number of H-pyrrole nitrogens is 1. The number of pyridine rings is 1. The van der Waals surface area contributed by atoms with Crippen molar-refractivity contribution < 1.29 is 0 Å². The molecule has 0 saturated heterocycles. The number of fused-ring (bicyclic) bond motifs is 1. The van der Waals surface area contributed by atoms with Crippen molar-refractivity contribution in [3.63, 3.8) is 0 Å². The van der Waals surface area contributed by atoms with Crippen LogP contribution in [-0.4, -0.2) is 15.2 Å². The van der Waals surface area contributed by atoms with E-state index in [9.17, 15) is 0 Å². The molecule has 1 N–H and O–H groups in total. The molecule has 0 spiro atoms. The zero-order valence-corrected chi connectivity index (χ0v) is 11.5. The highest BCUT2D eigenvalue weighted by atomic mass is 15.1. The summed E-state index contributed by atoms with van der Waals surface area (Å²) in [5.74, 6) is 0. The third kappa shape index (κ3) is 3.05. The van der Waals surface area contributed by atoms with Gasteiger partial charge in [0.05, 0.1) is 5.69 Å². The van der Waals surface area contributed by atoms with E-state index in [0.717, 1.165) is 22.6 Å². The second-order valence-electron chi connectivity index (χ2n) is 3.09. The van der Waals surface area contributed by atoms with Gasteiger partial charge in [-0.1, -0.05) is 27.7 Å². The predicted molar refractivity (Wildman–Crippen MR) is 70.8 cm³/mol. The summed E-state index contributed by atoms with van der Waals surface area (Å²) in [7, 11) is 0. The van der Waals surface area contributed by atoms with E-state index in [1.165, 1.54) is 5.39 Å². The molecule has 0 bridgehead atoms. The van der Waals surface area contributed by atoms with Crippen LogP contribution in [-0.2, 0) is 0 Å². The van der Waals surface area contributed by atoms with Crippen LogP contribution < -0.4 is 0 Å². The van der Waals surface area contributed by atoms with Gasteiger partial charge < -0.3 is 0 Å². The van der Waals surface area contributed by atoms with Crippen LogP contribution in [0.25, 0.3) is 10.9 Å². The van der Waals surface area contributed by atoms with Crippen LogP contribution in [0.2, 0.25) is 0 Å². The molecule has 0 aromatic carbocycles. The zero-order chi connectivity index (χ0) is 12.7. The standard InChI is InChI=1S/C9H11N3.2C2H6/c1-5-4-8-6(2)11-12-9(8)7(3)10-5;2*1-2/h4H,1-3H3,(H,11,12);2*1-2H3. The fraction of sp³-hybridized carbons (Fsp3) is 0.538. The highest BCUT2D eigenvalue weighted by Gasteiger charge is 2.04. The first kappa shape index (κ1) is 14.6. The molecular formula is C13H23N3. The van der Waals surface area contributed by atoms with Crippen molar-refractivity contribution in [3.8, 4) is 0 Å². The minimum atomic E-state index is 0.984. The Labute approximate surface area is 98.3 Å². The lowest BCUT2D eigenvalue weighted by molar-refractivity contribution is 1.06. The van der Waals surface area contributed by atoms with E-state index in [0.29, 0.717) is 0 Å². The third-order valence-corrected chi connectivity index (χ3v) is 2.03. The summed E-state index contributed by atoms with van der Waals surface area (Å²) in [5, 5.41) is 8.31. The minimum absolute atomic E-state index is 0.984. The summed E-state index contributed by atoms with van der Waals surface area (Å²) in [6.45, 7) is 14.0. The molecule has 2 heterocycles. The van der Waals surface area contributed by atoms with Gasteiger partial charge in [0.2, 0.25) is 0 Å². The van der Waals surface area contributed by atoms with E-state index in [4.69, 9.17) is 0 Å². The number of aromatic nitrogens is 3. The summed E-state index contributed by atoms with van der Waals surface area (Å²) < 4.78 is 0. The number of aryl methyl sites for hydroxylation is 3. The predicted octanol–water partition coefficient (Wildman–Crippen LogP) is 3.94. The SMILES string of the molecule is CC.CC.Cc1cc2c(C)[nH]nc2c(C)n1. The Morgan fingerprint density at radius 2 is 1.56 bits per heavy atom. The van der Waals surface area contributed by atoms with Gasteiger partial charge in [-0.15, -0.1) is 0 Å². The van der Waals surface area contributed by atoms with Gasteiger partial charge in [0.1, 0.15) is 5.52 Å². The molecular weight excluding hydrogens is 198 g/mol. The number of nitrogens with zero attached hydrogens (tertiary/aromatic N) is 2. The van der Waals surface area contributed by atoms with Gasteiger partial charge in [0.25, 0.3) is 0 Å². The quantitative estimate of drug-likeness (QED) is 0.732. The Balaban J connectivity index is 0.000000509. The maximum atomic E-state index is 4.33. The van der Waals surface area contributed by atoms with Crippen LogP contribution >= 0.6 is 0 Å². The Hall–Kier alpha value is -1.38. The molecule has 3 nitrogen and oxygen atoms in total. The fourth-order valence-corrected chi connectivity index (χ4v) is 1.45. The van der Waals surface area contributed by atoms with Crippen LogP contribution in [0.15, 0.2) is 6.07 Å². The first-order valence-electron chi connectivity index (χ1n) is 5.97. The molecule has 90 valence electrons. The second kappa shape index (κ2) is 6.99. The molecule has 0 saturated carbocycles. The van der Waals surface area contributed by atoms with Crippen LogP contribution in [0.4, 0.5) is 0 Å². The van der Waals surface area contributed by atoms with E-state index in [2.05, 4.69) is 21.2 Å². The van der Waals surface area contributed by atoms with Crippen molar-refractivity contribution in [3.05, 3.63) is 23.1 Å². The molecule has 0 unspecified atom stereocenters. The van der Waals surface area contributed by atoms with Crippen molar-refractivity contribution in [1.82, 2.24) is 15.2 Å². The highest BCUT2D eigenvalue weighted by molar-refractivity contribution is 5.83. The maximum Gasteiger partial charge on any atom is 0.114 e. The lowest BCUT2D eigenvalue weighted by Gasteiger charge is -1.96. The average Bonchev–Trinajstić information content (AvgIpc) is 2.67. The summed E-state index contributed by atoms with van der Waals surface area (Å²) >= 11 is 0. The Morgan fingerprint density at radius 1 is 1.00 bits per heavy atom. The molecule has 0 aliphatic rings. The van der Waals surface area contributed by atoms with E-state index < -0.39 is 0 Å². The Bertz CT molecular complexity index is 430. The molecule has 0 fully saturated rings. The van der Waals surface area contributed by atoms with Crippen LogP contribution in [0.3, 0.4) is 0 Å². The van der Waals surface area contributed by atoms with Crippen molar-refractivity contribution in [2.24, 2.45) is 0 Å². The van der Waals surface area contributed by atoms with Crippen molar-refractivity contribution in [2.45, 2.75) is 48.5 Å². The summed E-state index contributed by atoms with van der Waals surface area (Å²) in [6, 6.07) is 2.06. The van der Waals surface area contributed by atoms with Gasteiger partial charge in [0.15, 0.2) is 0 Å². The molecule has 2 aromatic heterocycles. The normalized spacial score (nSPS) is 8.94. The van der Waals surface area contributed by atoms with E-state index >= 15 is 0 Å². The number of nitrogens with one attached hydrogen (secondary N) is 1. The molecule has 3 heteroatoms. The number of rotatable bonds is 0. The first-order chi connectivity index (χ1) is 7.68. The average molecular weight is 221 g/mol. The van der Waals surface area contributed by atoms with E-state index in [-0.39, 0.29) is 0 Å². The monoisotopic (exact) mass is 221 g/mol.